The van der Waals surface area contributed by atoms with Crippen molar-refractivity contribution in [2.24, 2.45) is 12.8 Å². The molecule has 0 bridgehead atoms. The highest BCUT2D eigenvalue weighted by molar-refractivity contribution is 5.49. The number of aryl methyl sites for hydroxylation is 2. The molecule has 0 amide bonds. The Morgan fingerprint density at radius 1 is 1.67 bits per heavy atom. The molecule has 0 saturated carbocycles. The van der Waals surface area contributed by atoms with Crippen LogP contribution in [0.25, 0.3) is 6.08 Å². The van der Waals surface area contributed by atoms with Crippen LogP contribution in [0.2, 0.25) is 0 Å². The molecule has 0 radical (unpaired) electrons. The molecule has 1 unspecified atom stereocenters. The zero-order valence-electron chi connectivity index (χ0n) is 7.78. The molecule has 0 aliphatic heterocycles. The van der Waals surface area contributed by atoms with Crippen LogP contribution in [0.1, 0.15) is 18.2 Å². The number of hydrogen-bond donors (Lipinski definition) is 1. The van der Waals surface area contributed by atoms with E-state index in [4.69, 9.17) is 5.73 Å². The van der Waals surface area contributed by atoms with Crippen LogP contribution in [0.15, 0.2) is 12.3 Å². The lowest BCUT2D eigenvalue weighted by molar-refractivity contribution is 0.758. The van der Waals surface area contributed by atoms with Gasteiger partial charge in [-0.25, -0.2) is 0 Å². The Bertz CT molecular complexity index is 264. The van der Waals surface area contributed by atoms with Crippen molar-refractivity contribution in [2.75, 3.05) is 0 Å². The molecule has 3 heteroatoms. The fraction of sp³-hybridized carbons (Fsp3) is 0.444. The molecule has 1 atom stereocenters. The number of nitrogens with zero attached hydrogens (tertiary/aromatic N) is 2. The Hall–Kier alpha value is -1.09. The molecule has 1 rings (SSSR count). The predicted molar refractivity (Wildman–Crippen MR) is 50.6 cm³/mol. The van der Waals surface area contributed by atoms with Gasteiger partial charge in [0, 0.05) is 13.1 Å². The van der Waals surface area contributed by atoms with Gasteiger partial charge in [-0.1, -0.05) is 6.08 Å². The van der Waals surface area contributed by atoms with Gasteiger partial charge in [0.2, 0.25) is 0 Å². The van der Waals surface area contributed by atoms with E-state index in [0.29, 0.717) is 0 Å². The van der Waals surface area contributed by atoms with Crippen LogP contribution in [-0.2, 0) is 7.05 Å². The normalized spacial score (nSPS) is 14.0. The molecule has 3 nitrogen and oxygen atoms in total. The molecule has 1 aromatic rings. The molecular formula is C9H15N3. The first-order valence-electron chi connectivity index (χ1n) is 4.03. The minimum Gasteiger partial charge on any atom is -0.325 e. The van der Waals surface area contributed by atoms with Gasteiger partial charge in [-0.2, -0.15) is 5.10 Å². The fourth-order valence-corrected chi connectivity index (χ4v) is 1.04. The predicted octanol–water partition coefficient (Wildman–Crippen LogP) is 1.09. The fourth-order valence-electron chi connectivity index (χ4n) is 1.04. The minimum atomic E-state index is 0.0966. The average Bonchev–Trinajstić information content (AvgIpc) is 2.28. The summed E-state index contributed by atoms with van der Waals surface area (Å²) in [5.74, 6) is 0. The van der Waals surface area contributed by atoms with Crippen LogP contribution in [0.3, 0.4) is 0 Å². The van der Waals surface area contributed by atoms with Crippen molar-refractivity contribution in [3.63, 3.8) is 0 Å². The molecule has 0 fully saturated rings. The molecule has 12 heavy (non-hydrogen) atoms. The quantitative estimate of drug-likeness (QED) is 0.713. The first-order valence-corrected chi connectivity index (χ1v) is 4.03. The van der Waals surface area contributed by atoms with E-state index in [0.717, 1.165) is 5.69 Å². The van der Waals surface area contributed by atoms with Gasteiger partial charge in [0.25, 0.3) is 0 Å². The summed E-state index contributed by atoms with van der Waals surface area (Å²) < 4.78 is 1.84. The SMILES string of the molecule is Cc1cnn(C)c1/C=C/C(C)N. The van der Waals surface area contributed by atoms with E-state index in [-0.39, 0.29) is 6.04 Å². The van der Waals surface area contributed by atoms with Crippen LogP contribution in [0, 0.1) is 6.92 Å². The van der Waals surface area contributed by atoms with Crippen molar-refractivity contribution < 1.29 is 0 Å². The van der Waals surface area contributed by atoms with Gasteiger partial charge in [-0.05, 0) is 25.5 Å². The summed E-state index contributed by atoms with van der Waals surface area (Å²) >= 11 is 0. The third-order valence-electron chi connectivity index (χ3n) is 1.73. The molecule has 0 aliphatic carbocycles. The largest absolute Gasteiger partial charge is 0.325 e. The van der Waals surface area contributed by atoms with Crippen LogP contribution in [0.5, 0.6) is 0 Å². The second kappa shape index (κ2) is 3.54. The van der Waals surface area contributed by atoms with E-state index in [2.05, 4.69) is 5.10 Å². The molecule has 1 heterocycles. The number of rotatable bonds is 2. The topological polar surface area (TPSA) is 43.8 Å². The maximum atomic E-state index is 5.59. The summed E-state index contributed by atoms with van der Waals surface area (Å²) in [4.78, 5) is 0. The molecule has 0 saturated heterocycles. The molecule has 2 N–H and O–H groups in total. The van der Waals surface area contributed by atoms with Crippen LogP contribution < -0.4 is 5.73 Å². The zero-order valence-corrected chi connectivity index (χ0v) is 7.78. The number of nitrogens with two attached hydrogens (primary N) is 1. The lowest BCUT2D eigenvalue weighted by atomic mass is 10.2. The van der Waals surface area contributed by atoms with Crippen molar-refractivity contribution in [1.29, 1.82) is 0 Å². The number of hydrogen-bond acceptors (Lipinski definition) is 2. The minimum absolute atomic E-state index is 0.0966. The first kappa shape index (κ1) is 9.00. The summed E-state index contributed by atoms with van der Waals surface area (Å²) in [6.07, 6.45) is 5.82. The van der Waals surface area contributed by atoms with E-state index >= 15 is 0 Å². The summed E-state index contributed by atoms with van der Waals surface area (Å²) in [6.45, 7) is 3.98. The van der Waals surface area contributed by atoms with Crippen molar-refractivity contribution >= 4 is 6.08 Å². The third-order valence-corrected chi connectivity index (χ3v) is 1.73. The molecular weight excluding hydrogens is 150 g/mol. The van der Waals surface area contributed by atoms with Gasteiger partial charge in [0.1, 0.15) is 0 Å². The second-order valence-electron chi connectivity index (χ2n) is 3.05. The Morgan fingerprint density at radius 2 is 2.33 bits per heavy atom. The lowest BCUT2D eigenvalue weighted by Crippen LogP contribution is -2.10. The average molecular weight is 165 g/mol. The summed E-state index contributed by atoms with van der Waals surface area (Å²) in [7, 11) is 1.92. The van der Waals surface area contributed by atoms with E-state index in [1.807, 2.05) is 43.9 Å². The van der Waals surface area contributed by atoms with E-state index in [1.165, 1.54) is 5.56 Å². The highest BCUT2D eigenvalue weighted by Crippen LogP contribution is 2.07. The van der Waals surface area contributed by atoms with Gasteiger partial charge in [0.15, 0.2) is 0 Å². The van der Waals surface area contributed by atoms with Crippen LogP contribution >= 0.6 is 0 Å². The lowest BCUT2D eigenvalue weighted by Gasteiger charge is -1.98. The third kappa shape index (κ3) is 1.95. The molecule has 1 aromatic heterocycles. The Morgan fingerprint density at radius 3 is 2.75 bits per heavy atom. The first-order chi connectivity index (χ1) is 5.61. The second-order valence-corrected chi connectivity index (χ2v) is 3.05. The summed E-state index contributed by atoms with van der Waals surface area (Å²) in [6, 6.07) is 0.0966. The van der Waals surface area contributed by atoms with Crippen LogP contribution in [0.4, 0.5) is 0 Å². The molecule has 0 spiro atoms. The molecule has 0 aliphatic rings. The van der Waals surface area contributed by atoms with Gasteiger partial charge < -0.3 is 5.73 Å². The van der Waals surface area contributed by atoms with Crippen molar-refractivity contribution in [1.82, 2.24) is 9.78 Å². The van der Waals surface area contributed by atoms with Crippen molar-refractivity contribution in [2.45, 2.75) is 19.9 Å². The van der Waals surface area contributed by atoms with Gasteiger partial charge >= 0.3 is 0 Å². The Kier molecular flexibility index (Phi) is 2.65. The monoisotopic (exact) mass is 165 g/mol. The van der Waals surface area contributed by atoms with E-state index < -0.39 is 0 Å². The van der Waals surface area contributed by atoms with E-state index in [9.17, 15) is 0 Å². The smallest absolute Gasteiger partial charge is 0.0633 e. The van der Waals surface area contributed by atoms with Crippen molar-refractivity contribution in [3.8, 4) is 0 Å². The zero-order chi connectivity index (χ0) is 9.14. The Labute approximate surface area is 72.9 Å². The Balaban J connectivity index is 2.87. The number of aromatic nitrogens is 2. The highest BCUT2D eigenvalue weighted by atomic mass is 15.3. The maximum absolute atomic E-state index is 5.59. The van der Waals surface area contributed by atoms with E-state index in [1.54, 1.807) is 0 Å². The highest BCUT2D eigenvalue weighted by Gasteiger charge is 1.99. The van der Waals surface area contributed by atoms with Crippen LogP contribution in [-0.4, -0.2) is 15.8 Å². The summed E-state index contributed by atoms with van der Waals surface area (Å²) in [5.41, 5.74) is 7.89. The van der Waals surface area contributed by atoms with Gasteiger partial charge in [0.05, 0.1) is 11.9 Å². The van der Waals surface area contributed by atoms with Crippen molar-refractivity contribution in [3.05, 3.63) is 23.5 Å². The summed E-state index contributed by atoms with van der Waals surface area (Å²) in [5, 5.41) is 4.12. The molecule has 0 aromatic carbocycles. The maximum Gasteiger partial charge on any atom is 0.0633 e. The molecule has 66 valence electrons. The van der Waals surface area contributed by atoms with Gasteiger partial charge in [-0.15, -0.1) is 0 Å². The standard InChI is InChI=1S/C9H15N3/c1-7-6-11-12(3)9(7)5-4-8(2)10/h4-6,8H,10H2,1-3H3/b5-4+. The van der Waals surface area contributed by atoms with Gasteiger partial charge in [-0.3, -0.25) is 4.68 Å².